The fourth-order valence-corrected chi connectivity index (χ4v) is 6.74. The number of amides is 2. The van der Waals surface area contributed by atoms with Gasteiger partial charge in [0.05, 0.1) is 10.6 Å². The first-order chi connectivity index (χ1) is 21.4. The summed E-state index contributed by atoms with van der Waals surface area (Å²) in [5, 5.41) is 3.07. The van der Waals surface area contributed by atoms with E-state index in [1.165, 1.54) is 16.4 Å². The van der Waals surface area contributed by atoms with Crippen molar-refractivity contribution in [3.05, 3.63) is 131 Å². The van der Waals surface area contributed by atoms with E-state index in [1.54, 1.807) is 35.2 Å². The fraction of sp³-hybridized carbons (Fsp3) is 0.297. The number of benzene rings is 4. The van der Waals surface area contributed by atoms with Crippen LogP contribution in [0.25, 0.3) is 0 Å². The smallest absolute Gasteiger partial charge is 0.264 e. The van der Waals surface area contributed by atoms with Crippen molar-refractivity contribution < 1.29 is 18.0 Å². The number of sulfonamides is 1. The molecule has 0 saturated heterocycles. The second-order valence-electron chi connectivity index (χ2n) is 12.2. The second-order valence-corrected chi connectivity index (χ2v) is 14.1. The van der Waals surface area contributed by atoms with Crippen molar-refractivity contribution in [3.63, 3.8) is 0 Å². The van der Waals surface area contributed by atoms with E-state index in [0.29, 0.717) is 12.1 Å². The first-order valence-electron chi connectivity index (χ1n) is 15.3. The monoisotopic (exact) mass is 625 g/mol. The Balaban J connectivity index is 1.85. The molecule has 0 unspecified atom stereocenters. The van der Waals surface area contributed by atoms with Gasteiger partial charge in [0.2, 0.25) is 11.8 Å². The highest BCUT2D eigenvalue weighted by Gasteiger charge is 2.36. The summed E-state index contributed by atoms with van der Waals surface area (Å²) in [6, 6.07) is 31.7. The van der Waals surface area contributed by atoms with Crippen LogP contribution in [0, 0.1) is 6.92 Å². The van der Waals surface area contributed by atoms with Crippen LogP contribution < -0.4 is 9.62 Å². The third kappa shape index (κ3) is 8.60. The number of carbonyl (C=O) groups is 2. The van der Waals surface area contributed by atoms with E-state index in [1.807, 2.05) is 101 Å². The number of hydrogen-bond donors (Lipinski definition) is 1. The van der Waals surface area contributed by atoms with Crippen LogP contribution in [-0.4, -0.2) is 43.3 Å². The molecule has 4 aromatic carbocycles. The van der Waals surface area contributed by atoms with E-state index in [9.17, 15) is 18.0 Å². The predicted molar refractivity (Wildman–Crippen MR) is 180 cm³/mol. The largest absolute Gasteiger partial charge is 0.350 e. The summed E-state index contributed by atoms with van der Waals surface area (Å²) in [6.07, 6.45) is 0.833. The molecular formula is C37H43N3O4S. The van der Waals surface area contributed by atoms with Gasteiger partial charge in [-0.15, -0.1) is 0 Å². The van der Waals surface area contributed by atoms with Crippen molar-refractivity contribution in [2.24, 2.45) is 0 Å². The van der Waals surface area contributed by atoms with Gasteiger partial charge in [0.15, 0.2) is 0 Å². The minimum atomic E-state index is -4.14. The molecule has 4 aromatic rings. The molecule has 0 saturated carbocycles. The van der Waals surface area contributed by atoms with E-state index < -0.39 is 34.1 Å². The van der Waals surface area contributed by atoms with Gasteiger partial charge < -0.3 is 10.2 Å². The van der Waals surface area contributed by atoms with Crippen molar-refractivity contribution in [1.29, 1.82) is 0 Å². The number of rotatable bonds is 12. The predicted octanol–water partition coefficient (Wildman–Crippen LogP) is 6.31. The molecular weight excluding hydrogens is 582 g/mol. The molecule has 1 atom stereocenters. The zero-order valence-electron chi connectivity index (χ0n) is 26.7. The summed E-state index contributed by atoms with van der Waals surface area (Å²) >= 11 is 0. The van der Waals surface area contributed by atoms with E-state index in [2.05, 4.69) is 5.32 Å². The summed E-state index contributed by atoms with van der Waals surface area (Å²) in [4.78, 5) is 30.3. The van der Waals surface area contributed by atoms with Gasteiger partial charge in [0.25, 0.3) is 10.0 Å². The molecule has 45 heavy (non-hydrogen) atoms. The number of anilines is 1. The number of para-hydroxylation sites is 1. The first kappa shape index (κ1) is 33.5. The Kier molecular flexibility index (Phi) is 10.8. The van der Waals surface area contributed by atoms with Gasteiger partial charge in [-0.1, -0.05) is 97.9 Å². The van der Waals surface area contributed by atoms with Gasteiger partial charge in [0.1, 0.15) is 12.6 Å². The molecule has 2 amide bonds. The molecule has 4 rings (SSSR count). The molecule has 236 valence electrons. The van der Waals surface area contributed by atoms with Gasteiger partial charge in [-0.05, 0) is 74.6 Å². The maximum Gasteiger partial charge on any atom is 0.264 e. The molecule has 0 aliphatic carbocycles. The van der Waals surface area contributed by atoms with E-state index in [4.69, 9.17) is 0 Å². The highest BCUT2D eigenvalue weighted by Crippen LogP contribution is 2.28. The van der Waals surface area contributed by atoms with Crippen LogP contribution in [-0.2, 0) is 39.0 Å². The lowest BCUT2D eigenvalue weighted by molar-refractivity contribution is -0.140. The number of nitrogens with one attached hydrogen (secondary N) is 1. The van der Waals surface area contributed by atoms with Crippen molar-refractivity contribution in [3.8, 4) is 0 Å². The minimum absolute atomic E-state index is 0.0838. The lowest BCUT2D eigenvalue weighted by Gasteiger charge is -2.36. The van der Waals surface area contributed by atoms with Crippen LogP contribution in [0.4, 0.5) is 5.69 Å². The van der Waals surface area contributed by atoms with E-state index in [0.717, 1.165) is 22.3 Å². The summed E-state index contributed by atoms with van der Waals surface area (Å²) in [5.41, 5.74) is 3.41. The topological polar surface area (TPSA) is 86.8 Å². The lowest BCUT2D eigenvalue weighted by Crippen LogP contribution is -2.56. The van der Waals surface area contributed by atoms with Crippen molar-refractivity contribution in [2.75, 3.05) is 10.8 Å². The molecule has 1 N–H and O–H groups in total. The summed E-state index contributed by atoms with van der Waals surface area (Å²) in [6.45, 7) is 9.26. The molecule has 8 heteroatoms. The van der Waals surface area contributed by atoms with Crippen molar-refractivity contribution >= 4 is 27.5 Å². The maximum absolute atomic E-state index is 14.7. The van der Waals surface area contributed by atoms with Gasteiger partial charge in [0, 0.05) is 18.5 Å². The quantitative estimate of drug-likeness (QED) is 0.200. The first-order valence-corrected chi connectivity index (χ1v) is 16.7. The Morgan fingerprint density at radius 3 is 1.93 bits per heavy atom. The molecule has 0 aromatic heterocycles. The number of carbonyl (C=O) groups excluding carboxylic acids is 2. The van der Waals surface area contributed by atoms with Crippen LogP contribution >= 0.6 is 0 Å². The van der Waals surface area contributed by atoms with Gasteiger partial charge in [-0.3, -0.25) is 13.9 Å². The van der Waals surface area contributed by atoms with Crippen LogP contribution in [0.1, 0.15) is 49.9 Å². The Hall–Kier alpha value is -4.43. The zero-order chi connectivity index (χ0) is 32.6. The molecule has 0 fully saturated rings. The number of nitrogens with zero attached hydrogens (tertiary/aromatic N) is 2. The van der Waals surface area contributed by atoms with E-state index in [-0.39, 0.29) is 23.8 Å². The van der Waals surface area contributed by atoms with Gasteiger partial charge in [-0.2, -0.15) is 0 Å². The maximum atomic E-state index is 14.7. The molecule has 0 aliphatic heterocycles. The van der Waals surface area contributed by atoms with Crippen LogP contribution in [0.15, 0.2) is 114 Å². The average molecular weight is 626 g/mol. The number of hydrogen-bond acceptors (Lipinski definition) is 4. The highest BCUT2D eigenvalue weighted by atomic mass is 32.2. The third-order valence-corrected chi connectivity index (χ3v) is 9.40. The SMILES string of the molecule is CCc1ccccc1N(CC(=O)N(Cc1ccccc1C)[C@H](Cc1ccccc1)C(=O)NC(C)(C)C)S(=O)(=O)c1ccccc1. The standard InChI is InChI=1S/C37H43N3O4S/c1-6-30-20-15-16-24-33(30)40(45(43,44)32-22-11-8-12-23-32)27-35(41)39(26-31-21-14-13-17-28(31)2)34(36(42)38-37(3,4)5)25-29-18-9-7-10-19-29/h7-24,34H,6,25-27H2,1-5H3,(H,38,42)/t34-/m1/s1. The zero-order valence-corrected chi connectivity index (χ0v) is 27.6. The molecule has 0 aliphatic rings. The van der Waals surface area contributed by atoms with Gasteiger partial charge >= 0.3 is 0 Å². The highest BCUT2D eigenvalue weighted by molar-refractivity contribution is 7.92. The van der Waals surface area contributed by atoms with E-state index >= 15 is 0 Å². The summed E-state index contributed by atoms with van der Waals surface area (Å²) < 4.78 is 29.6. The third-order valence-electron chi connectivity index (χ3n) is 7.62. The summed E-state index contributed by atoms with van der Waals surface area (Å²) in [5.74, 6) is -0.784. The molecule has 7 nitrogen and oxygen atoms in total. The Bertz CT molecular complexity index is 1700. The molecule has 0 spiro atoms. The minimum Gasteiger partial charge on any atom is -0.350 e. The fourth-order valence-electron chi connectivity index (χ4n) is 5.26. The molecule has 0 bridgehead atoms. The average Bonchev–Trinajstić information content (AvgIpc) is 3.02. The second kappa shape index (κ2) is 14.6. The Labute approximate surface area is 268 Å². The van der Waals surface area contributed by atoms with Crippen LogP contribution in [0.2, 0.25) is 0 Å². The number of aryl methyl sites for hydroxylation is 2. The van der Waals surface area contributed by atoms with Crippen molar-refractivity contribution in [2.45, 2.75) is 70.5 Å². The normalized spacial score (nSPS) is 12.3. The Morgan fingerprint density at radius 2 is 1.33 bits per heavy atom. The molecule has 0 radical (unpaired) electrons. The van der Waals surface area contributed by atoms with Gasteiger partial charge in [-0.25, -0.2) is 8.42 Å². The lowest BCUT2D eigenvalue weighted by atomic mass is 10.00. The Morgan fingerprint density at radius 1 is 0.778 bits per heavy atom. The molecule has 0 heterocycles. The van der Waals surface area contributed by atoms with Crippen molar-refractivity contribution in [1.82, 2.24) is 10.2 Å². The van der Waals surface area contributed by atoms with Crippen LogP contribution in [0.3, 0.4) is 0 Å². The van der Waals surface area contributed by atoms with Crippen LogP contribution in [0.5, 0.6) is 0 Å². The summed E-state index contributed by atoms with van der Waals surface area (Å²) in [7, 11) is -4.14.